The summed E-state index contributed by atoms with van der Waals surface area (Å²) in [6.07, 6.45) is 6.94. The lowest BCUT2D eigenvalue weighted by Gasteiger charge is -2.15. The summed E-state index contributed by atoms with van der Waals surface area (Å²) in [4.78, 5) is 4.11. The second-order valence-electron chi connectivity index (χ2n) is 5.60. The van der Waals surface area contributed by atoms with Gasteiger partial charge in [-0.1, -0.05) is 17.7 Å². The molecule has 21 heavy (non-hydrogen) atoms. The van der Waals surface area contributed by atoms with Crippen LogP contribution in [0.25, 0.3) is 5.52 Å². The Balaban J connectivity index is 1.95. The molecule has 3 rings (SSSR count). The fourth-order valence-electron chi connectivity index (χ4n) is 2.94. The third-order valence-electron chi connectivity index (χ3n) is 3.95. The van der Waals surface area contributed by atoms with Crippen molar-refractivity contribution in [2.75, 3.05) is 0 Å². The first-order valence-electron chi connectivity index (χ1n) is 7.08. The summed E-state index contributed by atoms with van der Waals surface area (Å²) in [5.41, 5.74) is 6.58. The molecule has 1 atom stereocenters. The van der Waals surface area contributed by atoms with E-state index in [1.807, 2.05) is 0 Å². The van der Waals surface area contributed by atoms with Crippen molar-refractivity contribution in [3.63, 3.8) is 0 Å². The van der Waals surface area contributed by atoms with Crippen molar-refractivity contribution in [3.05, 3.63) is 64.7 Å². The van der Waals surface area contributed by atoms with Crippen LogP contribution in [0.4, 0.5) is 0 Å². The van der Waals surface area contributed by atoms with E-state index in [9.17, 15) is 5.11 Å². The van der Waals surface area contributed by atoms with E-state index in [0.717, 1.165) is 11.1 Å². The first-order valence-corrected chi connectivity index (χ1v) is 7.08. The maximum absolute atomic E-state index is 10.6. The van der Waals surface area contributed by atoms with Gasteiger partial charge in [0.15, 0.2) is 0 Å². The van der Waals surface area contributed by atoms with E-state index < -0.39 is 6.10 Å². The van der Waals surface area contributed by atoms with Gasteiger partial charge in [0.1, 0.15) is 0 Å². The Morgan fingerprint density at radius 2 is 1.86 bits per heavy atom. The predicted octanol–water partition coefficient (Wildman–Crippen LogP) is 2.93. The molecular weight excluding hydrogens is 262 g/mol. The van der Waals surface area contributed by atoms with Crippen LogP contribution in [0, 0.1) is 20.8 Å². The summed E-state index contributed by atoms with van der Waals surface area (Å²) >= 11 is 0. The molecule has 0 aliphatic heterocycles. The average Bonchev–Trinajstić information content (AvgIpc) is 2.86. The molecule has 0 radical (unpaired) electrons. The molecule has 0 bridgehead atoms. The van der Waals surface area contributed by atoms with Gasteiger partial charge >= 0.3 is 0 Å². The topological polar surface area (TPSA) is 50.4 Å². The monoisotopic (exact) mass is 281 g/mol. The number of nitrogens with zero attached hydrogens (tertiary/aromatic N) is 3. The van der Waals surface area contributed by atoms with Crippen LogP contribution in [0.2, 0.25) is 0 Å². The van der Waals surface area contributed by atoms with Gasteiger partial charge in [-0.05, 0) is 37.5 Å². The zero-order valence-electron chi connectivity index (χ0n) is 12.5. The number of rotatable bonds is 3. The standard InChI is InChI=1S/C17H19N3O/c1-11-6-12(2)14(13(3)7-11)8-17(21)15-9-19-20-5-4-18-10-16(15)20/h4-7,9-10,17,21H,8H2,1-3H3. The minimum atomic E-state index is -0.577. The van der Waals surface area contributed by atoms with Gasteiger partial charge in [-0.2, -0.15) is 5.10 Å². The van der Waals surface area contributed by atoms with Gasteiger partial charge in [-0.25, -0.2) is 4.52 Å². The number of fused-ring (bicyclic) bond motifs is 1. The van der Waals surface area contributed by atoms with Crippen LogP contribution in [0.3, 0.4) is 0 Å². The largest absolute Gasteiger partial charge is 0.388 e. The lowest BCUT2D eigenvalue weighted by atomic mass is 9.93. The van der Waals surface area contributed by atoms with Crippen molar-refractivity contribution in [3.8, 4) is 0 Å². The molecule has 0 spiro atoms. The molecule has 4 nitrogen and oxygen atoms in total. The number of aryl methyl sites for hydroxylation is 3. The van der Waals surface area contributed by atoms with Crippen molar-refractivity contribution in [1.29, 1.82) is 0 Å². The van der Waals surface area contributed by atoms with Crippen LogP contribution in [0.15, 0.2) is 36.9 Å². The van der Waals surface area contributed by atoms with Crippen LogP contribution in [0.1, 0.15) is 33.9 Å². The van der Waals surface area contributed by atoms with E-state index in [2.05, 4.69) is 43.0 Å². The summed E-state index contributed by atoms with van der Waals surface area (Å²) in [5.74, 6) is 0. The van der Waals surface area contributed by atoms with Crippen LogP contribution < -0.4 is 0 Å². The smallest absolute Gasteiger partial charge is 0.0903 e. The van der Waals surface area contributed by atoms with E-state index in [-0.39, 0.29) is 0 Å². The zero-order valence-corrected chi connectivity index (χ0v) is 12.5. The molecular formula is C17H19N3O. The third kappa shape index (κ3) is 2.54. The highest BCUT2D eigenvalue weighted by molar-refractivity contribution is 5.53. The number of benzene rings is 1. The van der Waals surface area contributed by atoms with Gasteiger partial charge in [0.25, 0.3) is 0 Å². The Morgan fingerprint density at radius 3 is 2.57 bits per heavy atom. The van der Waals surface area contributed by atoms with E-state index >= 15 is 0 Å². The van der Waals surface area contributed by atoms with E-state index in [4.69, 9.17) is 0 Å². The summed E-state index contributed by atoms with van der Waals surface area (Å²) in [6.45, 7) is 6.29. The molecule has 0 amide bonds. The van der Waals surface area contributed by atoms with Gasteiger partial charge < -0.3 is 5.11 Å². The Kier molecular flexibility index (Phi) is 3.47. The maximum atomic E-state index is 10.6. The molecule has 2 aromatic heterocycles. The fourth-order valence-corrected chi connectivity index (χ4v) is 2.94. The first kappa shape index (κ1) is 13.8. The van der Waals surface area contributed by atoms with Crippen molar-refractivity contribution in [2.45, 2.75) is 33.3 Å². The normalized spacial score (nSPS) is 12.8. The molecule has 0 aliphatic rings. The van der Waals surface area contributed by atoms with Crippen LogP contribution in [-0.4, -0.2) is 19.7 Å². The fraction of sp³-hybridized carbons (Fsp3) is 0.294. The quantitative estimate of drug-likeness (QED) is 0.803. The summed E-state index contributed by atoms with van der Waals surface area (Å²) in [6, 6.07) is 4.32. The molecule has 108 valence electrons. The molecule has 2 heterocycles. The summed E-state index contributed by atoms with van der Waals surface area (Å²) in [5, 5.41) is 14.9. The van der Waals surface area contributed by atoms with Gasteiger partial charge in [-0.15, -0.1) is 0 Å². The van der Waals surface area contributed by atoms with Crippen molar-refractivity contribution in [1.82, 2.24) is 14.6 Å². The second-order valence-corrected chi connectivity index (χ2v) is 5.60. The van der Waals surface area contributed by atoms with Gasteiger partial charge in [-0.3, -0.25) is 4.98 Å². The summed E-state index contributed by atoms with van der Waals surface area (Å²) in [7, 11) is 0. The second kappa shape index (κ2) is 5.30. The van der Waals surface area contributed by atoms with Crippen LogP contribution >= 0.6 is 0 Å². The molecule has 0 fully saturated rings. The van der Waals surface area contributed by atoms with Gasteiger partial charge in [0.2, 0.25) is 0 Å². The van der Waals surface area contributed by atoms with Gasteiger partial charge in [0.05, 0.1) is 24.0 Å². The first-order chi connectivity index (χ1) is 10.1. The SMILES string of the molecule is Cc1cc(C)c(CC(O)c2cnn3ccncc23)c(C)c1. The van der Waals surface area contributed by atoms with Crippen molar-refractivity contribution in [2.24, 2.45) is 0 Å². The number of hydrogen-bond donors (Lipinski definition) is 1. The van der Waals surface area contributed by atoms with Crippen LogP contribution in [-0.2, 0) is 6.42 Å². The average molecular weight is 281 g/mol. The lowest BCUT2D eigenvalue weighted by Crippen LogP contribution is -2.05. The van der Waals surface area contributed by atoms with Crippen molar-refractivity contribution < 1.29 is 5.11 Å². The molecule has 4 heteroatoms. The molecule has 1 N–H and O–H groups in total. The highest BCUT2D eigenvalue weighted by Crippen LogP contribution is 2.26. The Labute approximate surface area is 124 Å². The number of aliphatic hydroxyl groups excluding tert-OH is 1. The molecule has 0 saturated carbocycles. The maximum Gasteiger partial charge on any atom is 0.0903 e. The van der Waals surface area contributed by atoms with Crippen molar-refractivity contribution >= 4 is 5.52 Å². The minimum Gasteiger partial charge on any atom is -0.388 e. The Morgan fingerprint density at radius 1 is 1.14 bits per heavy atom. The minimum absolute atomic E-state index is 0.577. The number of hydrogen-bond acceptors (Lipinski definition) is 3. The van der Waals surface area contributed by atoms with Gasteiger partial charge in [0, 0.05) is 24.4 Å². The van der Waals surface area contributed by atoms with E-state index in [1.165, 1.54) is 22.3 Å². The molecule has 1 aromatic carbocycles. The zero-order chi connectivity index (χ0) is 15.0. The number of aliphatic hydroxyl groups is 1. The molecule has 0 saturated heterocycles. The highest BCUT2D eigenvalue weighted by atomic mass is 16.3. The lowest BCUT2D eigenvalue weighted by molar-refractivity contribution is 0.179. The van der Waals surface area contributed by atoms with Crippen LogP contribution in [0.5, 0.6) is 0 Å². The predicted molar refractivity (Wildman–Crippen MR) is 82.3 cm³/mol. The summed E-state index contributed by atoms with van der Waals surface area (Å²) < 4.78 is 1.74. The number of aromatic nitrogens is 3. The third-order valence-corrected chi connectivity index (χ3v) is 3.95. The Hall–Kier alpha value is -2.20. The molecule has 0 aliphatic carbocycles. The van der Waals surface area contributed by atoms with E-state index in [1.54, 1.807) is 29.3 Å². The molecule has 1 unspecified atom stereocenters. The molecule has 3 aromatic rings. The highest BCUT2D eigenvalue weighted by Gasteiger charge is 2.16. The Bertz CT molecular complexity index is 769. The van der Waals surface area contributed by atoms with E-state index in [0.29, 0.717) is 6.42 Å².